The fourth-order valence-electron chi connectivity index (χ4n) is 2.97. The highest BCUT2D eigenvalue weighted by molar-refractivity contribution is 5.41. The van der Waals surface area contributed by atoms with E-state index < -0.39 is 6.10 Å². The number of aliphatic hydroxyl groups excluding tert-OH is 1. The predicted molar refractivity (Wildman–Crippen MR) is 75.7 cm³/mol. The van der Waals surface area contributed by atoms with Crippen LogP contribution in [0.3, 0.4) is 0 Å². The molecule has 0 bridgehead atoms. The van der Waals surface area contributed by atoms with Crippen LogP contribution in [-0.4, -0.2) is 19.3 Å². The maximum absolute atomic E-state index is 10.5. The van der Waals surface area contributed by atoms with Crippen LogP contribution in [0.4, 0.5) is 0 Å². The van der Waals surface area contributed by atoms with Crippen LogP contribution in [-0.2, 0) is 0 Å². The molecule has 1 atom stereocenters. The van der Waals surface area contributed by atoms with E-state index in [2.05, 4.69) is 0 Å². The average Bonchev–Trinajstić information content (AvgIpc) is 2.47. The zero-order valence-electron chi connectivity index (χ0n) is 11.9. The molecule has 0 aliphatic heterocycles. The van der Waals surface area contributed by atoms with Gasteiger partial charge in [0.1, 0.15) is 11.5 Å². The molecule has 1 aromatic rings. The standard InChI is InChI=1S/C16H24O3/c1-18-13-8-9-16(19-2)14(11-13)15(17)10-12-6-4-3-5-7-12/h8-9,11-12,15,17H,3-7,10H2,1-2H3. The minimum Gasteiger partial charge on any atom is -0.497 e. The summed E-state index contributed by atoms with van der Waals surface area (Å²) in [7, 11) is 3.28. The first-order valence-electron chi connectivity index (χ1n) is 7.14. The number of methoxy groups -OCH3 is 2. The third-order valence-corrected chi connectivity index (χ3v) is 4.08. The van der Waals surface area contributed by atoms with Gasteiger partial charge < -0.3 is 14.6 Å². The third kappa shape index (κ3) is 3.63. The minimum absolute atomic E-state index is 0.465. The van der Waals surface area contributed by atoms with Gasteiger partial charge in [-0.2, -0.15) is 0 Å². The highest BCUT2D eigenvalue weighted by Gasteiger charge is 2.21. The molecule has 1 saturated carbocycles. The predicted octanol–water partition coefficient (Wildman–Crippen LogP) is 3.71. The number of benzene rings is 1. The summed E-state index contributed by atoms with van der Waals surface area (Å²) in [6.45, 7) is 0. The number of aliphatic hydroxyl groups is 1. The van der Waals surface area contributed by atoms with Crippen molar-refractivity contribution < 1.29 is 14.6 Å². The van der Waals surface area contributed by atoms with E-state index in [9.17, 15) is 5.11 Å². The number of hydrogen-bond acceptors (Lipinski definition) is 3. The van der Waals surface area contributed by atoms with E-state index >= 15 is 0 Å². The van der Waals surface area contributed by atoms with Crippen molar-refractivity contribution in [3.05, 3.63) is 23.8 Å². The van der Waals surface area contributed by atoms with Gasteiger partial charge in [-0.15, -0.1) is 0 Å². The summed E-state index contributed by atoms with van der Waals surface area (Å²) in [5.74, 6) is 2.14. The minimum atomic E-state index is -0.465. The molecule has 1 fully saturated rings. The van der Waals surface area contributed by atoms with Crippen molar-refractivity contribution in [2.75, 3.05) is 14.2 Å². The molecule has 3 heteroatoms. The summed E-state index contributed by atoms with van der Waals surface area (Å²) in [5, 5.41) is 10.5. The fraction of sp³-hybridized carbons (Fsp3) is 0.625. The summed E-state index contributed by atoms with van der Waals surface area (Å²) in [6, 6.07) is 5.60. The van der Waals surface area contributed by atoms with E-state index in [0.29, 0.717) is 5.92 Å². The van der Waals surface area contributed by atoms with Gasteiger partial charge in [-0.05, 0) is 30.5 Å². The molecule has 1 N–H and O–H groups in total. The Bertz CT molecular complexity index is 397. The third-order valence-electron chi connectivity index (χ3n) is 4.08. The van der Waals surface area contributed by atoms with Gasteiger partial charge >= 0.3 is 0 Å². The molecular formula is C16H24O3. The second-order valence-corrected chi connectivity index (χ2v) is 5.36. The van der Waals surface area contributed by atoms with Crippen molar-refractivity contribution >= 4 is 0 Å². The van der Waals surface area contributed by atoms with Gasteiger partial charge in [0.15, 0.2) is 0 Å². The fourth-order valence-corrected chi connectivity index (χ4v) is 2.97. The lowest BCUT2D eigenvalue weighted by atomic mass is 9.84. The molecule has 0 spiro atoms. The monoisotopic (exact) mass is 264 g/mol. The summed E-state index contributed by atoms with van der Waals surface area (Å²) in [4.78, 5) is 0. The summed E-state index contributed by atoms with van der Waals surface area (Å²) in [5.41, 5.74) is 0.840. The molecule has 106 valence electrons. The molecule has 0 aromatic heterocycles. The number of hydrogen-bond donors (Lipinski definition) is 1. The Kier molecular flexibility index (Phi) is 5.08. The number of ether oxygens (including phenoxy) is 2. The van der Waals surface area contributed by atoms with Crippen molar-refractivity contribution in [1.82, 2.24) is 0 Å². The van der Waals surface area contributed by atoms with Crippen molar-refractivity contribution in [2.45, 2.75) is 44.6 Å². The van der Waals surface area contributed by atoms with Crippen LogP contribution in [0.2, 0.25) is 0 Å². The zero-order valence-corrected chi connectivity index (χ0v) is 11.9. The summed E-state index contributed by atoms with van der Waals surface area (Å²) >= 11 is 0. The van der Waals surface area contributed by atoms with Crippen molar-refractivity contribution in [1.29, 1.82) is 0 Å². The first-order valence-corrected chi connectivity index (χ1v) is 7.14. The molecule has 0 heterocycles. The summed E-state index contributed by atoms with van der Waals surface area (Å²) < 4.78 is 10.6. The van der Waals surface area contributed by atoms with Gasteiger partial charge in [-0.1, -0.05) is 32.1 Å². The van der Waals surface area contributed by atoms with E-state index in [-0.39, 0.29) is 0 Å². The van der Waals surface area contributed by atoms with Crippen molar-refractivity contribution in [3.63, 3.8) is 0 Å². The normalized spacial score (nSPS) is 18.1. The van der Waals surface area contributed by atoms with E-state index in [4.69, 9.17) is 9.47 Å². The largest absolute Gasteiger partial charge is 0.497 e. The Morgan fingerprint density at radius 1 is 1.16 bits per heavy atom. The van der Waals surface area contributed by atoms with Crippen LogP contribution in [0.25, 0.3) is 0 Å². The van der Waals surface area contributed by atoms with Crippen LogP contribution in [0, 0.1) is 5.92 Å². The zero-order chi connectivity index (χ0) is 13.7. The first-order chi connectivity index (χ1) is 9.24. The maximum atomic E-state index is 10.5. The topological polar surface area (TPSA) is 38.7 Å². The molecule has 2 rings (SSSR count). The lowest BCUT2D eigenvalue weighted by Gasteiger charge is -2.25. The summed E-state index contributed by atoms with van der Waals surface area (Å²) in [6.07, 6.45) is 6.78. The lowest BCUT2D eigenvalue weighted by molar-refractivity contribution is 0.128. The van der Waals surface area contributed by atoms with E-state index in [0.717, 1.165) is 23.5 Å². The van der Waals surface area contributed by atoms with Crippen LogP contribution in [0.5, 0.6) is 11.5 Å². The molecule has 0 radical (unpaired) electrons. The van der Waals surface area contributed by atoms with Gasteiger partial charge in [-0.25, -0.2) is 0 Å². The quantitative estimate of drug-likeness (QED) is 0.881. The smallest absolute Gasteiger partial charge is 0.124 e. The van der Waals surface area contributed by atoms with Crippen LogP contribution in [0.15, 0.2) is 18.2 Å². The SMILES string of the molecule is COc1ccc(OC)c(C(O)CC2CCCCC2)c1. The number of rotatable bonds is 5. The van der Waals surface area contributed by atoms with E-state index in [1.54, 1.807) is 14.2 Å². The molecule has 1 unspecified atom stereocenters. The first kappa shape index (κ1) is 14.2. The van der Waals surface area contributed by atoms with Crippen LogP contribution in [0.1, 0.15) is 50.2 Å². The maximum Gasteiger partial charge on any atom is 0.124 e. The van der Waals surface area contributed by atoms with E-state index in [1.807, 2.05) is 18.2 Å². The highest BCUT2D eigenvalue weighted by Crippen LogP contribution is 2.36. The Hall–Kier alpha value is -1.22. The van der Waals surface area contributed by atoms with Gasteiger partial charge in [0.2, 0.25) is 0 Å². The van der Waals surface area contributed by atoms with Gasteiger partial charge in [0.25, 0.3) is 0 Å². The molecule has 1 aliphatic carbocycles. The lowest BCUT2D eigenvalue weighted by Crippen LogP contribution is -2.12. The Balaban J connectivity index is 2.09. The van der Waals surface area contributed by atoms with Gasteiger partial charge in [0.05, 0.1) is 20.3 Å². The highest BCUT2D eigenvalue weighted by atomic mass is 16.5. The van der Waals surface area contributed by atoms with E-state index in [1.165, 1.54) is 32.1 Å². The molecule has 1 aromatic carbocycles. The second kappa shape index (κ2) is 6.80. The Labute approximate surface area is 115 Å². The Morgan fingerprint density at radius 2 is 1.89 bits per heavy atom. The molecule has 0 saturated heterocycles. The van der Waals surface area contributed by atoms with Crippen molar-refractivity contribution in [3.8, 4) is 11.5 Å². The molecular weight excluding hydrogens is 240 g/mol. The van der Waals surface area contributed by atoms with Gasteiger partial charge in [0, 0.05) is 5.56 Å². The van der Waals surface area contributed by atoms with Crippen molar-refractivity contribution in [2.24, 2.45) is 5.92 Å². The van der Waals surface area contributed by atoms with Crippen LogP contribution >= 0.6 is 0 Å². The average molecular weight is 264 g/mol. The molecule has 19 heavy (non-hydrogen) atoms. The van der Waals surface area contributed by atoms with Gasteiger partial charge in [-0.3, -0.25) is 0 Å². The molecule has 0 amide bonds. The Morgan fingerprint density at radius 3 is 2.53 bits per heavy atom. The molecule has 3 nitrogen and oxygen atoms in total. The van der Waals surface area contributed by atoms with Crippen LogP contribution < -0.4 is 9.47 Å². The second-order valence-electron chi connectivity index (χ2n) is 5.36. The molecule has 1 aliphatic rings.